The number of carbonyl (C=O) groups is 1. The van der Waals surface area contributed by atoms with Crippen molar-refractivity contribution in [3.8, 4) is 0 Å². The van der Waals surface area contributed by atoms with E-state index in [4.69, 9.17) is 5.11 Å². The van der Waals surface area contributed by atoms with Crippen LogP contribution in [-0.2, 0) is 4.79 Å². The van der Waals surface area contributed by atoms with Gasteiger partial charge in [0.2, 0.25) is 5.91 Å². The van der Waals surface area contributed by atoms with Crippen LogP contribution < -0.4 is 10.6 Å². The van der Waals surface area contributed by atoms with Crippen LogP contribution in [0.2, 0.25) is 0 Å². The standard InChI is InChI=1S/C16H31F3N4O2.HI/c1-5-20-15(21-9-13(6-7-24)8-12(2)3)22-10-14(25)23(4)11-16(17,18)19;/h12-13,24H,5-11H2,1-4H3,(H2,20,21,22);1H. The second-order valence-corrected chi connectivity index (χ2v) is 6.45. The van der Waals surface area contributed by atoms with E-state index < -0.39 is 18.6 Å². The van der Waals surface area contributed by atoms with Crippen LogP contribution in [0.15, 0.2) is 4.99 Å². The molecule has 0 saturated heterocycles. The van der Waals surface area contributed by atoms with Gasteiger partial charge in [0.15, 0.2) is 5.96 Å². The molecule has 0 heterocycles. The number of hydrogen-bond donors (Lipinski definition) is 3. The summed E-state index contributed by atoms with van der Waals surface area (Å²) < 4.78 is 36.9. The number of guanidine groups is 1. The quantitative estimate of drug-likeness (QED) is 0.246. The molecule has 0 aromatic carbocycles. The third kappa shape index (κ3) is 14.4. The lowest BCUT2D eigenvalue weighted by Gasteiger charge is -2.21. The molecule has 1 atom stereocenters. The fourth-order valence-electron chi connectivity index (χ4n) is 2.36. The van der Waals surface area contributed by atoms with Crippen LogP contribution in [0.1, 0.15) is 33.6 Å². The summed E-state index contributed by atoms with van der Waals surface area (Å²) in [5.41, 5.74) is 0. The lowest BCUT2D eigenvalue weighted by atomic mass is 9.94. The number of halogens is 4. The van der Waals surface area contributed by atoms with Gasteiger partial charge in [0.1, 0.15) is 13.1 Å². The smallest absolute Gasteiger partial charge is 0.396 e. The first-order valence-electron chi connectivity index (χ1n) is 8.52. The molecule has 10 heteroatoms. The molecule has 3 N–H and O–H groups in total. The minimum Gasteiger partial charge on any atom is -0.396 e. The summed E-state index contributed by atoms with van der Waals surface area (Å²) in [6.07, 6.45) is -2.84. The second kappa shape index (κ2) is 14.3. The molecular formula is C16H32F3IN4O2. The minimum absolute atomic E-state index is 0. The van der Waals surface area contributed by atoms with Gasteiger partial charge in [-0.05, 0) is 31.6 Å². The Kier molecular flexibility index (Phi) is 15.1. The molecule has 0 rings (SSSR count). The van der Waals surface area contributed by atoms with Crippen LogP contribution in [0.25, 0.3) is 0 Å². The topological polar surface area (TPSA) is 77.0 Å². The molecule has 0 aliphatic carbocycles. The predicted molar refractivity (Wildman–Crippen MR) is 108 cm³/mol. The molecule has 0 fully saturated rings. The molecular weight excluding hydrogens is 464 g/mol. The Hall–Kier alpha value is -0.780. The van der Waals surface area contributed by atoms with Gasteiger partial charge >= 0.3 is 6.18 Å². The van der Waals surface area contributed by atoms with Gasteiger partial charge in [-0.2, -0.15) is 13.2 Å². The molecule has 0 aromatic heterocycles. The van der Waals surface area contributed by atoms with Gasteiger partial charge in [-0.3, -0.25) is 4.79 Å². The van der Waals surface area contributed by atoms with Gasteiger partial charge in [-0.25, -0.2) is 4.99 Å². The maximum absolute atomic E-state index is 12.3. The van der Waals surface area contributed by atoms with Crippen molar-refractivity contribution in [2.75, 3.05) is 39.8 Å². The highest BCUT2D eigenvalue weighted by atomic mass is 127. The van der Waals surface area contributed by atoms with E-state index in [1.54, 1.807) is 0 Å². The van der Waals surface area contributed by atoms with E-state index in [1.807, 2.05) is 6.92 Å². The number of hydrogen-bond acceptors (Lipinski definition) is 3. The summed E-state index contributed by atoms with van der Waals surface area (Å²) in [7, 11) is 1.10. The van der Waals surface area contributed by atoms with Crippen molar-refractivity contribution in [1.29, 1.82) is 0 Å². The Balaban J connectivity index is 0. The van der Waals surface area contributed by atoms with E-state index in [0.717, 1.165) is 13.5 Å². The summed E-state index contributed by atoms with van der Waals surface area (Å²) in [5.74, 6) is 0.402. The summed E-state index contributed by atoms with van der Waals surface area (Å²) in [6.45, 7) is 5.61. The fraction of sp³-hybridized carbons (Fsp3) is 0.875. The first kappa shape index (κ1) is 27.4. The zero-order valence-corrected chi connectivity index (χ0v) is 18.2. The molecule has 156 valence electrons. The summed E-state index contributed by atoms with van der Waals surface area (Å²) in [6, 6.07) is 0. The maximum atomic E-state index is 12.3. The number of rotatable bonds is 10. The first-order chi connectivity index (χ1) is 11.6. The molecule has 0 bridgehead atoms. The predicted octanol–water partition coefficient (Wildman–Crippen LogP) is 2.22. The van der Waals surface area contributed by atoms with Crippen LogP contribution in [0.4, 0.5) is 13.2 Å². The van der Waals surface area contributed by atoms with Gasteiger partial charge in [0.25, 0.3) is 0 Å². The summed E-state index contributed by atoms with van der Waals surface area (Å²) >= 11 is 0. The molecule has 0 radical (unpaired) electrons. The number of carbonyl (C=O) groups excluding carboxylic acids is 1. The fourth-order valence-corrected chi connectivity index (χ4v) is 2.36. The number of likely N-dealkylation sites (N-methyl/N-ethyl adjacent to an activating group) is 1. The Morgan fingerprint density at radius 3 is 2.35 bits per heavy atom. The van der Waals surface area contributed by atoms with Crippen LogP contribution >= 0.6 is 24.0 Å². The Morgan fingerprint density at radius 1 is 1.27 bits per heavy atom. The van der Waals surface area contributed by atoms with E-state index in [1.165, 1.54) is 0 Å². The van der Waals surface area contributed by atoms with Gasteiger partial charge < -0.3 is 20.6 Å². The van der Waals surface area contributed by atoms with Gasteiger partial charge in [-0.15, -0.1) is 24.0 Å². The Labute approximate surface area is 171 Å². The molecule has 0 aliphatic rings. The molecule has 0 spiro atoms. The average molecular weight is 496 g/mol. The van der Waals surface area contributed by atoms with Crippen LogP contribution in [0, 0.1) is 11.8 Å². The molecule has 0 aromatic rings. The van der Waals surface area contributed by atoms with E-state index in [0.29, 0.717) is 36.3 Å². The monoisotopic (exact) mass is 496 g/mol. The van der Waals surface area contributed by atoms with E-state index >= 15 is 0 Å². The largest absolute Gasteiger partial charge is 0.406 e. The highest BCUT2D eigenvalue weighted by molar-refractivity contribution is 14.0. The summed E-state index contributed by atoms with van der Waals surface area (Å²) in [5, 5.41) is 15.2. The van der Waals surface area contributed by atoms with Crippen LogP contribution in [0.5, 0.6) is 0 Å². The Bertz CT molecular complexity index is 421. The number of aliphatic hydroxyl groups is 1. The lowest BCUT2D eigenvalue weighted by molar-refractivity contribution is -0.157. The van der Waals surface area contributed by atoms with Crippen molar-refractivity contribution < 1.29 is 23.1 Å². The van der Waals surface area contributed by atoms with Crippen molar-refractivity contribution in [1.82, 2.24) is 15.5 Å². The van der Waals surface area contributed by atoms with Gasteiger partial charge in [0.05, 0.1) is 0 Å². The summed E-state index contributed by atoms with van der Waals surface area (Å²) in [4.78, 5) is 16.4. The molecule has 26 heavy (non-hydrogen) atoms. The highest BCUT2D eigenvalue weighted by Crippen LogP contribution is 2.15. The average Bonchev–Trinajstić information content (AvgIpc) is 2.47. The van der Waals surface area contributed by atoms with Crippen molar-refractivity contribution >= 4 is 35.8 Å². The number of aliphatic imine (C=N–C) groups is 1. The van der Waals surface area contributed by atoms with Crippen LogP contribution in [-0.4, -0.2) is 67.9 Å². The number of nitrogens with zero attached hydrogens (tertiary/aromatic N) is 2. The maximum Gasteiger partial charge on any atom is 0.406 e. The molecule has 1 unspecified atom stereocenters. The minimum atomic E-state index is -4.43. The first-order valence-corrected chi connectivity index (χ1v) is 8.52. The SMILES string of the molecule is CCNC(=NCC(=O)N(C)CC(F)(F)F)NCC(CCO)CC(C)C.I. The number of amides is 1. The molecule has 1 amide bonds. The zero-order valence-electron chi connectivity index (χ0n) is 15.9. The van der Waals surface area contributed by atoms with E-state index in [9.17, 15) is 18.0 Å². The number of aliphatic hydroxyl groups excluding tert-OH is 1. The molecule has 0 saturated carbocycles. The van der Waals surface area contributed by atoms with E-state index in [-0.39, 0.29) is 43.0 Å². The van der Waals surface area contributed by atoms with Crippen molar-refractivity contribution in [3.05, 3.63) is 0 Å². The normalized spacial score (nSPS) is 13.2. The van der Waals surface area contributed by atoms with Crippen molar-refractivity contribution in [3.63, 3.8) is 0 Å². The molecule has 6 nitrogen and oxygen atoms in total. The Morgan fingerprint density at radius 2 is 1.88 bits per heavy atom. The number of nitrogens with one attached hydrogen (secondary N) is 2. The third-order valence-electron chi connectivity index (χ3n) is 3.46. The third-order valence-corrected chi connectivity index (χ3v) is 3.46. The van der Waals surface area contributed by atoms with E-state index in [2.05, 4.69) is 29.5 Å². The van der Waals surface area contributed by atoms with Gasteiger partial charge in [0, 0.05) is 26.7 Å². The highest BCUT2D eigenvalue weighted by Gasteiger charge is 2.31. The van der Waals surface area contributed by atoms with Crippen molar-refractivity contribution in [2.45, 2.75) is 39.8 Å². The van der Waals surface area contributed by atoms with Crippen molar-refractivity contribution in [2.24, 2.45) is 16.8 Å². The zero-order chi connectivity index (χ0) is 19.5. The van der Waals surface area contributed by atoms with Gasteiger partial charge in [-0.1, -0.05) is 13.8 Å². The lowest BCUT2D eigenvalue weighted by Crippen LogP contribution is -2.42. The second-order valence-electron chi connectivity index (χ2n) is 6.45. The molecule has 0 aliphatic heterocycles. The number of alkyl halides is 3. The van der Waals surface area contributed by atoms with Crippen LogP contribution in [0.3, 0.4) is 0 Å².